The molecule has 2 aromatic carbocycles. The molecular formula is C21H21F4NO3. The van der Waals surface area contributed by atoms with Crippen molar-refractivity contribution < 1.29 is 32.2 Å². The minimum atomic E-state index is -4.53. The van der Waals surface area contributed by atoms with Crippen LogP contribution in [-0.2, 0) is 10.9 Å². The lowest BCUT2D eigenvalue weighted by Gasteiger charge is -2.26. The fraction of sp³-hybridized carbons (Fsp3) is 0.381. The summed E-state index contributed by atoms with van der Waals surface area (Å²) in [6, 6.07) is 8.04. The molecule has 0 radical (unpaired) electrons. The predicted molar refractivity (Wildman–Crippen MR) is 98.8 cm³/mol. The van der Waals surface area contributed by atoms with Crippen molar-refractivity contribution in [3.63, 3.8) is 0 Å². The van der Waals surface area contributed by atoms with Crippen LogP contribution < -0.4 is 0 Å². The Hall–Kier alpha value is -2.45. The van der Waals surface area contributed by atoms with E-state index in [2.05, 4.69) is 0 Å². The van der Waals surface area contributed by atoms with E-state index < -0.39 is 28.9 Å². The maximum absolute atomic E-state index is 13.9. The Morgan fingerprint density at radius 1 is 1.24 bits per heavy atom. The summed E-state index contributed by atoms with van der Waals surface area (Å²) in [5.74, 6) is -1.16. The van der Waals surface area contributed by atoms with Crippen LogP contribution in [0.1, 0.15) is 22.3 Å². The van der Waals surface area contributed by atoms with Gasteiger partial charge in [-0.3, -0.25) is 4.79 Å². The minimum absolute atomic E-state index is 0.0181. The number of carbonyl (C=O) groups is 1. The number of aliphatic hydroxyl groups excluding tert-OH is 1. The lowest BCUT2D eigenvalue weighted by molar-refractivity contribution is -0.137. The molecule has 0 aromatic heterocycles. The minimum Gasteiger partial charge on any atom is -0.396 e. The van der Waals surface area contributed by atoms with E-state index >= 15 is 0 Å². The van der Waals surface area contributed by atoms with Gasteiger partial charge in [0, 0.05) is 25.6 Å². The van der Waals surface area contributed by atoms with E-state index in [4.69, 9.17) is 4.74 Å². The molecule has 0 saturated carbocycles. The molecule has 0 spiro atoms. The molecule has 1 saturated heterocycles. The summed E-state index contributed by atoms with van der Waals surface area (Å²) in [5.41, 5.74) is -1.08. The molecular weight excluding hydrogens is 390 g/mol. The molecule has 1 aliphatic heterocycles. The van der Waals surface area contributed by atoms with Crippen molar-refractivity contribution >= 4 is 5.91 Å². The van der Waals surface area contributed by atoms with Gasteiger partial charge in [-0.25, -0.2) is 4.39 Å². The monoisotopic (exact) mass is 411 g/mol. The van der Waals surface area contributed by atoms with Gasteiger partial charge in [-0.1, -0.05) is 18.2 Å². The molecule has 4 nitrogen and oxygen atoms in total. The largest absolute Gasteiger partial charge is 0.416 e. The molecule has 1 atom stereocenters. The van der Waals surface area contributed by atoms with Crippen LogP contribution >= 0.6 is 0 Å². The van der Waals surface area contributed by atoms with Gasteiger partial charge < -0.3 is 14.7 Å². The van der Waals surface area contributed by atoms with Crippen molar-refractivity contribution in [1.82, 2.24) is 4.90 Å². The smallest absolute Gasteiger partial charge is 0.396 e. The third kappa shape index (κ3) is 4.43. The Kier molecular flexibility index (Phi) is 5.95. The molecule has 1 N–H and O–H groups in total. The van der Waals surface area contributed by atoms with E-state index in [0.717, 1.165) is 24.3 Å². The van der Waals surface area contributed by atoms with Crippen LogP contribution in [0.4, 0.5) is 17.6 Å². The summed E-state index contributed by atoms with van der Waals surface area (Å²) in [6.07, 6.45) is -4.02. The number of ether oxygens (including phenoxy) is 1. The zero-order valence-electron chi connectivity index (χ0n) is 15.8. The lowest BCUT2D eigenvalue weighted by Crippen LogP contribution is -2.37. The molecule has 1 unspecified atom stereocenters. The first-order valence-corrected chi connectivity index (χ1v) is 9.05. The first-order chi connectivity index (χ1) is 13.7. The summed E-state index contributed by atoms with van der Waals surface area (Å²) >= 11 is 0. The van der Waals surface area contributed by atoms with Gasteiger partial charge in [-0.15, -0.1) is 0 Å². The number of alkyl halides is 3. The number of hydrogen-bond acceptors (Lipinski definition) is 3. The van der Waals surface area contributed by atoms with Crippen LogP contribution in [0.5, 0.6) is 0 Å². The SMILES string of the molecule is COCC1(CO)CCN(C(=O)c2cc(F)ccc2-c2cccc(C(F)(F)F)c2)C1. The Bertz CT molecular complexity index is 900. The Morgan fingerprint density at radius 2 is 2.00 bits per heavy atom. The maximum Gasteiger partial charge on any atom is 0.416 e. The van der Waals surface area contributed by atoms with Crippen LogP contribution in [0.2, 0.25) is 0 Å². The predicted octanol–water partition coefficient (Wildman–Crippen LogP) is 3.98. The quantitative estimate of drug-likeness (QED) is 0.758. The van der Waals surface area contributed by atoms with Crippen LogP contribution in [-0.4, -0.2) is 49.3 Å². The van der Waals surface area contributed by atoms with Crippen molar-refractivity contribution in [2.75, 3.05) is 33.4 Å². The van der Waals surface area contributed by atoms with E-state index in [9.17, 15) is 27.5 Å². The maximum atomic E-state index is 13.9. The van der Waals surface area contributed by atoms with Gasteiger partial charge in [0.1, 0.15) is 5.82 Å². The topological polar surface area (TPSA) is 49.8 Å². The molecule has 29 heavy (non-hydrogen) atoms. The van der Waals surface area contributed by atoms with Gasteiger partial charge in [0.25, 0.3) is 5.91 Å². The van der Waals surface area contributed by atoms with E-state index in [1.54, 1.807) is 0 Å². The van der Waals surface area contributed by atoms with E-state index in [1.807, 2.05) is 0 Å². The van der Waals surface area contributed by atoms with Crippen LogP contribution in [0.15, 0.2) is 42.5 Å². The number of hydrogen-bond donors (Lipinski definition) is 1. The number of benzene rings is 2. The molecule has 0 bridgehead atoms. The number of amides is 1. The second-order valence-corrected chi connectivity index (χ2v) is 7.34. The molecule has 1 aliphatic rings. The molecule has 2 aromatic rings. The molecule has 1 fully saturated rings. The molecule has 156 valence electrons. The average Bonchev–Trinajstić information content (AvgIpc) is 3.12. The molecule has 0 aliphatic carbocycles. The molecule has 1 heterocycles. The number of likely N-dealkylation sites (tertiary alicyclic amines) is 1. The first kappa shape index (κ1) is 21.3. The van der Waals surface area contributed by atoms with E-state index in [0.29, 0.717) is 13.0 Å². The summed E-state index contributed by atoms with van der Waals surface area (Å²) in [7, 11) is 1.50. The number of carbonyl (C=O) groups excluding carboxylic acids is 1. The summed E-state index contributed by atoms with van der Waals surface area (Å²) in [4.78, 5) is 14.6. The van der Waals surface area contributed by atoms with Crippen LogP contribution in [0.3, 0.4) is 0 Å². The Labute approximate surface area is 165 Å². The highest BCUT2D eigenvalue weighted by Crippen LogP contribution is 2.35. The van der Waals surface area contributed by atoms with Crippen molar-refractivity contribution in [2.45, 2.75) is 12.6 Å². The summed E-state index contributed by atoms with van der Waals surface area (Å²) in [5, 5.41) is 9.72. The number of halogens is 4. The molecule has 3 rings (SSSR count). The highest BCUT2D eigenvalue weighted by atomic mass is 19.4. The fourth-order valence-corrected chi connectivity index (χ4v) is 3.69. The van der Waals surface area contributed by atoms with Gasteiger partial charge in [0.2, 0.25) is 0 Å². The zero-order chi connectivity index (χ0) is 21.2. The number of nitrogens with zero attached hydrogens (tertiary/aromatic N) is 1. The van der Waals surface area contributed by atoms with Gasteiger partial charge in [-0.05, 0) is 41.8 Å². The summed E-state index contributed by atoms with van der Waals surface area (Å²) in [6.45, 7) is 0.640. The average molecular weight is 411 g/mol. The number of methoxy groups -OCH3 is 1. The van der Waals surface area contributed by atoms with Crippen molar-refractivity contribution in [3.05, 3.63) is 59.4 Å². The number of rotatable bonds is 5. The lowest BCUT2D eigenvalue weighted by atomic mass is 9.89. The second kappa shape index (κ2) is 8.12. The Balaban J connectivity index is 1.97. The zero-order valence-corrected chi connectivity index (χ0v) is 15.8. The van der Waals surface area contributed by atoms with Gasteiger partial charge >= 0.3 is 6.18 Å². The normalized spacial score (nSPS) is 19.6. The highest BCUT2D eigenvalue weighted by Gasteiger charge is 2.40. The van der Waals surface area contributed by atoms with Gasteiger partial charge in [0.05, 0.1) is 24.3 Å². The highest BCUT2D eigenvalue weighted by molar-refractivity contribution is 6.01. The standard InChI is InChI=1S/C21H21F4NO3/c1-29-13-20(12-27)7-8-26(11-20)19(28)18-10-16(22)5-6-17(18)14-3-2-4-15(9-14)21(23,24)25/h2-6,9-10,27H,7-8,11-13H2,1H3. The molecule has 1 amide bonds. The second-order valence-electron chi connectivity index (χ2n) is 7.34. The molecule has 8 heteroatoms. The fourth-order valence-electron chi connectivity index (χ4n) is 3.69. The van der Waals surface area contributed by atoms with Gasteiger partial charge in [-0.2, -0.15) is 13.2 Å². The van der Waals surface area contributed by atoms with Crippen molar-refractivity contribution in [2.24, 2.45) is 5.41 Å². The van der Waals surface area contributed by atoms with E-state index in [-0.39, 0.29) is 36.4 Å². The van der Waals surface area contributed by atoms with E-state index in [1.165, 1.54) is 30.2 Å². The van der Waals surface area contributed by atoms with Crippen LogP contribution in [0.25, 0.3) is 11.1 Å². The Morgan fingerprint density at radius 3 is 2.66 bits per heavy atom. The van der Waals surface area contributed by atoms with Crippen molar-refractivity contribution in [1.29, 1.82) is 0 Å². The summed E-state index contributed by atoms with van der Waals surface area (Å²) < 4.78 is 58.3. The third-order valence-electron chi connectivity index (χ3n) is 5.22. The first-order valence-electron chi connectivity index (χ1n) is 9.05. The van der Waals surface area contributed by atoms with Crippen LogP contribution in [0, 0.1) is 11.2 Å². The van der Waals surface area contributed by atoms with Crippen molar-refractivity contribution in [3.8, 4) is 11.1 Å². The third-order valence-corrected chi connectivity index (χ3v) is 5.22. The number of aliphatic hydroxyl groups is 1. The van der Waals surface area contributed by atoms with Gasteiger partial charge in [0.15, 0.2) is 0 Å².